The van der Waals surface area contributed by atoms with Gasteiger partial charge in [0.25, 0.3) is 5.91 Å². The largest absolute Gasteiger partial charge is 0.484 e. The molecule has 0 spiro atoms. The van der Waals surface area contributed by atoms with Crippen LogP contribution in [-0.2, 0) is 9.59 Å². The summed E-state index contributed by atoms with van der Waals surface area (Å²) in [4.78, 5) is 21.9. The molecule has 19 heavy (non-hydrogen) atoms. The Balaban J connectivity index is 2.41. The normalized spacial score (nSPS) is 11.7. The van der Waals surface area contributed by atoms with Crippen molar-refractivity contribution in [3.63, 3.8) is 0 Å². The molecule has 0 radical (unpaired) electrons. The molecule has 1 unspecified atom stereocenters. The maximum atomic E-state index is 11.5. The monoisotopic (exact) mass is 305 g/mol. The van der Waals surface area contributed by atoms with Crippen molar-refractivity contribution >= 4 is 35.1 Å². The first-order valence-corrected chi connectivity index (χ1v) is 6.23. The molecule has 1 amide bonds. The third kappa shape index (κ3) is 5.81. The SMILES string of the molecule is CC(CC(=O)O)NC(=O)COc1ccc(Cl)c(Cl)c1. The number of carbonyl (C=O) groups is 2. The fraction of sp³-hybridized carbons (Fsp3) is 0.333. The number of hydrogen-bond acceptors (Lipinski definition) is 3. The lowest BCUT2D eigenvalue weighted by Crippen LogP contribution is -2.37. The van der Waals surface area contributed by atoms with Gasteiger partial charge in [0.05, 0.1) is 16.5 Å². The van der Waals surface area contributed by atoms with Crippen LogP contribution in [0.25, 0.3) is 0 Å². The number of nitrogens with one attached hydrogen (secondary N) is 1. The van der Waals surface area contributed by atoms with E-state index in [4.69, 9.17) is 33.0 Å². The molecule has 0 heterocycles. The molecule has 2 N–H and O–H groups in total. The molecule has 0 aliphatic rings. The van der Waals surface area contributed by atoms with Gasteiger partial charge in [0.2, 0.25) is 0 Å². The number of hydrogen-bond donors (Lipinski definition) is 2. The summed E-state index contributed by atoms with van der Waals surface area (Å²) < 4.78 is 5.21. The van der Waals surface area contributed by atoms with E-state index in [1.165, 1.54) is 6.07 Å². The molecule has 1 rings (SSSR count). The Kier molecular flexibility index (Phi) is 5.92. The average Bonchev–Trinajstić information content (AvgIpc) is 2.29. The van der Waals surface area contributed by atoms with Gasteiger partial charge in [0, 0.05) is 12.1 Å². The van der Waals surface area contributed by atoms with Crippen LogP contribution < -0.4 is 10.1 Å². The highest BCUT2D eigenvalue weighted by molar-refractivity contribution is 6.42. The van der Waals surface area contributed by atoms with Crippen LogP contribution in [0.5, 0.6) is 5.75 Å². The highest BCUT2D eigenvalue weighted by atomic mass is 35.5. The van der Waals surface area contributed by atoms with Crippen LogP contribution in [0.15, 0.2) is 18.2 Å². The molecule has 0 aromatic heterocycles. The van der Waals surface area contributed by atoms with Crippen LogP contribution in [-0.4, -0.2) is 29.6 Å². The van der Waals surface area contributed by atoms with Crippen LogP contribution in [0.4, 0.5) is 0 Å². The number of rotatable bonds is 6. The second kappa shape index (κ2) is 7.21. The summed E-state index contributed by atoms with van der Waals surface area (Å²) in [5.41, 5.74) is 0. The Hall–Kier alpha value is -1.46. The molecule has 0 bridgehead atoms. The van der Waals surface area contributed by atoms with E-state index >= 15 is 0 Å². The van der Waals surface area contributed by atoms with Crippen molar-refractivity contribution in [1.82, 2.24) is 5.32 Å². The Morgan fingerprint density at radius 2 is 2.05 bits per heavy atom. The first-order valence-electron chi connectivity index (χ1n) is 5.47. The molecular formula is C12H13Cl2NO4. The summed E-state index contributed by atoms with van der Waals surface area (Å²) >= 11 is 11.5. The number of carboxylic acid groups (broad SMARTS) is 1. The summed E-state index contributed by atoms with van der Waals surface area (Å²) in [7, 11) is 0. The van der Waals surface area contributed by atoms with Crippen molar-refractivity contribution in [2.24, 2.45) is 0 Å². The first-order chi connectivity index (χ1) is 8.88. The molecule has 0 saturated heterocycles. The number of halogens is 2. The molecule has 0 saturated carbocycles. The van der Waals surface area contributed by atoms with E-state index in [1.54, 1.807) is 19.1 Å². The van der Waals surface area contributed by atoms with Crippen LogP contribution in [0.1, 0.15) is 13.3 Å². The minimum Gasteiger partial charge on any atom is -0.484 e. The van der Waals surface area contributed by atoms with Gasteiger partial charge in [-0.15, -0.1) is 0 Å². The van der Waals surface area contributed by atoms with Crippen LogP contribution in [0.3, 0.4) is 0 Å². The van der Waals surface area contributed by atoms with Gasteiger partial charge in [-0.25, -0.2) is 0 Å². The van der Waals surface area contributed by atoms with Crippen LogP contribution in [0.2, 0.25) is 10.0 Å². The summed E-state index contributed by atoms with van der Waals surface area (Å²) in [6.07, 6.45) is -0.140. The van der Waals surface area contributed by atoms with Crippen LogP contribution in [0, 0.1) is 0 Å². The lowest BCUT2D eigenvalue weighted by atomic mass is 10.2. The number of carbonyl (C=O) groups excluding carboxylic acids is 1. The van der Waals surface area contributed by atoms with Crippen LogP contribution >= 0.6 is 23.2 Å². The lowest BCUT2D eigenvalue weighted by molar-refractivity contribution is -0.137. The molecule has 1 aromatic carbocycles. The second-order valence-electron chi connectivity index (χ2n) is 3.93. The molecule has 104 valence electrons. The van der Waals surface area contributed by atoms with E-state index in [0.29, 0.717) is 15.8 Å². The zero-order valence-corrected chi connectivity index (χ0v) is 11.7. The topological polar surface area (TPSA) is 75.6 Å². The van der Waals surface area contributed by atoms with E-state index in [1.807, 2.05) is 0 Å². The Bertz CT molecular complexity index is 479. The number of ether oxygens (including phenoxy) is 1. The Morgan fingerprint density at radius 1 is 1.37 bits per heavy atom. The lowest BCUT2D eigenvalue weighted by Gasteiger charge is -2.12. The zero-order valence-electron chi connectivity index (χ0n) is 10.2. The average molecular weight is 306 g/mol. The van der Waals surface area contributed by atoms with Crippen molar-refractivity contribution in [1.29, 1.82) is 0 Å². The number of carboxylic acids is 1. The fourth-order valence-electron chi connectivity index (χ4n) is 1.34. The van der Waals surface area contributed by atoms with Crippen molar-refractivity contribution < 1.29 is 19.4 Å². The predicted octanol–water partition coefficient (Wildman–Crippen LogP) is 2.35. The molecule has 1 atom stereocenters. The summed E-state index contributed by atoms with van der Waals surface area (Å²) in [6, 6.07) is 4.19. The van der Waals surface area contributed by atoms with Gasteiger partial charge in [0.15, 0.2) is 6.61 Å². The minimum absolute atomic E-state index is 0.140. The quantitative estimate of drug-likeness (QED) is 0.846. The minimum atomic E-state index is -0.974. The second-order valence-corrected chi connectivity index (χ2v) is 4.75. The number of aliphatic carboxylic acids is 1. The third-order valence-electron chi connectivity index (χ3n) is 2.15. The van der Waals surface area contributed by atoms with Gasteiger partial charge in [-0.2, -0.15) is 0 Å². The molecule has 0 fully saturated rings. The molecular weight excluding hydrogens is 293 g/mol. The van der Waals surface area contributed by atoms with Crippen molar-refractivity contribution in [3.05, 3.63) is 28.2 Å². The Labute approximate surface area is 120 Å². The van der Waals surface area contributed by atoms with Gasteiger partial charge < -0.3 is 15.2 Å². The summed E-state index contributed by atoms with van der Waals surface area (Å²) in [5, 5.41) is 11.8. The number of benzene rings is 1. The van der Waals surface area contributed by atoms with Gasteiger partial charge in [-0.3, -0.25) is 9.59 Å². The van der Waals surface area contributed by atoms with Gasteiger partial charge >= 0.3 is 5.97 Å². The number of amides is 1. The molecule has 5 nitrogen and oxygen atoms in total. The maximum absolute atomic E-state index is 11.5. The molecule has 7 heteroatoms. The standard InChI is InChI=1S/C12H13Cl2NO4/c1-7(4-12(17)18)15-11(16)6-19-8-2-3-9(13)10(14)5-8/h2-3,5,7H,4,6H2,1H3,(H,15,16)(H,17,18). The first kappa shape index (κ1) is 15.6. The highest BCUT2D eigenvalue weighted by Crippen LogP contribution is 2.26. The van der Waals surface area contributed by atoms with Crippen molar-refractivity contribution in [2.75, 3.05) is 6.61 Å². The van der Waals surface area contributed by atoms with Gasteiger partial charge in [-0.1, -0.05) is 23.2 Å². The van der Waals surface area contributed by atoms with E-state index < -0.39 is 17.9 Å². The van der Waals surface area contributed by atoms with Gasteiger partial charge in [-0.05, 0) is 19.1 Å². The predicted molar refractivity (Wildman–Crippen MR) is 71.8 cm³/mol. The van der Waals surface area contributed by atoms with E-state index in [0.717, 1.165) is 0 Å². The van der Waals surface area contributed by atoms with Crippen molar-refractivity contribution in [2.45, 2.75) is 19.4 Å². The third-order valence-corrected chi connectivity index (χ3v) is 2.89. The van der Waals surface area contributed by atoms with Gasteiger partial charge in [0.1, 0.15) is 5.75 Å². The summed E-state index contributed by atoms with van der Waals surface area (Å²) in [5.74, 6) is -0.964. The van der Waals surface area contributed by atoms with E-state index in [9.17, 15) is 9.59 Å². The molecule has 0 aliphatic heterocycles. The molecule has 0 aliphatic carbocycles. The smallest absolute Gasteiger partial charge is 0.305 e. The summed E-state index contributed by atoms with van der Waals surface area (Å²) in [6.45, 7) is 1.38. The van der Waals surface area contributed by atoms with Crippen molar-refractivity contribution in [3.8, 4) is 5.75 Å². The Morgan fingerprint density at radius 3 is 2.63 bits per heavy atom. The molecule has 1 aromatic rings. The van der Waals surface area contributed by atoms with E-state index in [2.05, 4.69) is 5.32 Å². The zero-order chi connectivity index (χ0) is 14.4. The highest BCUT2D eigenvalue weighted by Gasteiger charge is 2.11. The maximum Gasteiger partial charge on any atom is 0.305 e. The fourth-order valence-corrected chi connectivity index (χ4v) is 1.63. The van der Waals surface area contributed by atoms with E-state index in [-0.39, 0.29) is 13.0 Å².